The Morgan fingerprint density at radius 3 is 2.50 bits per heavy atom. The molecule has 2 aromatic rings. The third-order valence-electron chi connectivity index (χ3n) is 4.00. The van der Waals surface area contributed by atoms with Crippen LogP contribution in [0.1, 0.15) is 62.4 Å². The Morgan fingerprint density at radius 2 is 1.77 bits per heavy atom. The van der Waals surface area contributed by atoms with E-state index in [-0.39, 0.29) is 0 Å². The van der Waals surface area contributed by atoms with Crippen molar-refractivity contribution in [2.75, 3.05) is 0 Å². The predicted molar refractivity (Wildman–Crippen MR) is 92.7 cm³/mol. The Balaban J connectivity index is 1.82. The Kier molecular flexibility index (Phi) is 6.88. The van der Waals surface area contributed by atoms with E-state index in [1.54, 1.807) is 6.33 Å². The minimum absolute atomic E-state index is 0.794. The van der Waals surface area contributed by atoms with E-state index in [2.05, 4.69) is 47.9 Å². The van der Waals surface area contributed by atoms with E-state index in [0.29, 0.717) is 0 Å². The van der Waals surface area contributed by atoms with Crippen LogP contribution in [0.15, 0.2) is 37.2 Å². The molecule has 3 heteroatoms. The predicted octanol–water partition coefficient (Wildman–Crippen LogP) is 4.87. The molecule has 0 fully saturated rings. The van der Waals surface area contributed by atoms with Crippen molar-refractivity contribution in [3.63, 3.8) is 0 Å². The van der Waals surface area contributed by atoms with Gasteiger partial charge in [0.1, 0.15) is 12.2 Å². The van der Waals surface area contributed by atoms with Crippen LogP contribution in [-0.4, -0.2) is 14.8 Å². The van der Waals surface area contributed by atoms with Crippen LogP contribution in [-0.2, 0) is 13.0 Å². The van der Waals surface area contributed by atoms with E-state index in [4.69, 9.17) is 0 Å². The van der Waals surface area contributed by atoms with Crippen LogP contribution in [0.5, 0.6) is 0 Å². The molecular weight excluding hydrogens is 270 g/mol. The minimum Gasteiger partial charge on any atom is -0.246 e. The molecule has 0 atom stereocenters. The van der Waals surface area contributed by atoms with E-state index < -0.39 is 0 Å². The summed E-state index contributed by atoms with van der Waals surface area (Å²) in [5.41, 5.74) is 2.40. The summed E-state index contributed by atoms with van der Waals surface area (Å²) >= 11 is 0. The first kappa shape index (κ1) is 16.5. The molecule has 22 heavy (non-hydrogen) atoms. The number of benzene rings is 1. The molecule has 1 heterocycles. The van der Waals surface area contributed by atoms with Crippen molar-refractivity contribution in [1.29, 1.82) is 0 Å². The summed E-state index contributed by atoms with van der Waals surface area (Å²) in [7, 11) is 0. The molecule has 0 unspecified atom stereocenters. The molecule has 1 aromatic heterocycles. The standard InChI is InChI=1S/C19H27N3/c1-3-5-6-7-8-9-10-19-20-16-21-22(19)15-18-13-11-17(4-2)12-14-18/h4,11-14,16H,2-3,5-10,15H2,1H3. The van der Waals surface area contributed by atoms with Gasteiger partial charge in [0, 0.05) is 6.42 Å². The Hall–Kier alpha value is -1.90. The Bertz CT molecular complexity index is 554. The smallest absolute Gasteiger partial charge is 0.138 e. The fourth-order valence-electron chi connectivity index (χ4n) is 2.61. The summed E-state index contributed by atoms with van der Waals surface area (Å²) in [6.45, 7) is 6.83. The van der Waals surface area contributed by atoms with Gasteiger partial charge in [-0.15, -0.1) is 0 Å². The second-order valence-corrected chi connectivity index (χ2v) is 5.80. The van der Waals surface area contributed by atoms with Gasteiger partial charge in [0.05, 0.1) is 6.54 Å². The van der Waals surface area contributed by atoms with Gasteiger partial charge in [0.25, 0.3) is 0 Å². The van der Waals surface area contributed by atoms with E-state index in [1.807, 2.05) is 10.8 Å². The molecule has 0 spiro atoms. The fraction of sp³-hybridized carbons (Fsp3) is 0.474. The molecule has 0 aliphatic rings. The average molecular weight is 297 g/mol. The summed E-state index contributed by atoms with van der Waals surface area (Å²) in [5, 5.41) is 4.37. The van der Waals surface area contributed by atoms with E-state index in [0.717, 1.165) is 24.4 Å². The minimum atomic E-state index is 0.794. The number of rotatable bonds is 10. The summed E-state index contributed by atoms with van der Waals surface area (Å²) < 4.78 is 2.02. The van der Waals surface area contributed by atoms with Crippen molar-refractivity contribution >= 4 is 6.08 Å². The Labute approximate surface area is 134 Å². The SMILES string of the molecule is C=Cc1ccc(Cn2ncnc2CCCCCCCC)cc1. The molecule has 3 nitrogen and oxygen atoms in total. The maximum atomic E-state index is 4.42. The third kappa shape index (κ3) is 5.14. The van der Waals surface area contributed by atoms with Crippen LogP contribution in [0.25, 0.3) is 6.08 Å². The highest BCUT2D eigenvalue weighted by Crippen LogP contribution is 2.11. The van der Waals surface area contributed by atoms with Crippen molar-refractivity contribution in [1.82, 2.24) is 14.8 Å². The number of aromatic nitrogens is 3. The van der Waals surface area contributed by atoms with Gasteiger partial charge < -0.3 is 0 Å². The van der Waals surface area contributed by atoms with E-state index in [9.17, 15) is 0 Å². The van der Waals surface area contributed by atoms with Crippen LogP contribution in [0.4, 0.5) is 0 Å². The molecule has 0 N–H and O–H groups in total. The van der Waals surface area contributed by atoms with E-state index >= 15 is 0 Å². The van der Waals surface area contributed by atoms with Crippen LogP contribution in [0, 0.1) is 0 Å². The topological polar surface area (TPSA) is 30.7 Å². The van der Waals surface area contributed by atoms with Crippen LogP contribution < -0.4 is 0 Å². The summed E-state index contributed by atoms with van der Waals surface area (Å²) in [6.07, 6.45) is 12.4. The molecule has 0 radical (unpaired) electrons. The number of unbranched alkanes of at least 4 members (excludes halogenated alkanes) is 5. The zero-order valence-electron chi connectivity index (χ0n) is 13.7. The molecule has 0 bridgehead atoms. The molecule has 0 saturated carbocycles. The van der Waals surface area contributed by atoms with Crippen LogP contribution in [0.2, 0.25) is 0 Å². The zero-order valence-corrected chi connectivity index (χ0v) is 13.7. The first-order valence-corrected chi connectivity index (χ1v) is 8.41. The van der Waals surface area contributed by atoms with Crippen molar-refractivity contribution in [3.05, 3.63) is 54.1 Å². The summed E-state index contributed by atoms with van der Waals surface area (Å²) in [6, 6.07) is 8.44. The van der Waals surface area contributed by atoms with Crippen molar-refractivity contribution in [2.24, 2.45) is 0 Å². The average Bonchev–Trinajstić information content (AvgIpc) is 2.98. The van der Waals surface area contributed by atoms with Gasteiger partial charge in [-0.05, 0) is 17.5 Å². The number of aryl methyl sites for hydroxylation is 1. The quantitative estimate of drug-likeness (QED) is 0.586. The summed E-state index contributed by atoms with van der Waals surface area (Å²) in [4.78, 5) is 4.42. The lowest BCUT2D eigenvalue weighted by Gasteiger charge is -2.07. The van der Waals surface area contributed by atoms with Crippen LogP contribution >= 0.6 is 0 Å². The molecule has 1 aromatic carbocycles. The van der Waals surface area contributed by atoms with E-state index in [1.165, 1.54) is 44.1 Å². The van der Waals surface area contributed by atoms with Gasteiger partial charge >= 0.3 is 0 Å². The van der Waals surface area contributed by atoms with Crippen molar-refractivity contribution in [3.8, 4) is 0 Å². The monoisotopic (exact) mass is 297 g/mol. The highest BCUT2D eigenvalue weighted by molar-refractivity contribution is 5.47. The van der Waals surface area contributed by atoms with Gasteiger partial charge in [-0.25, -0.2) is 9.67 Å². The second-order valence-electron chi connectivity index (χ2n) is 5.80. The largest absolute Gasteiger partial charge is 0.246 e. The first-order valence-electron chi connectivity index (χ1n) is 8.41. The second kappa shape index (κ2) is 9.19. The highest BCUT2D eigenvalue weighted by Gasteiger charge is 2.05. The number of nitrogens with zero attached hydrogens (tertiary/aromatic N) is 3. The lowest BCUT2D eigenvalue weighted by Crippen LogP contribution is -2.07. The molecular formula is C19H27N3. The fourth-order valence-corrected chi connectivity index (χ4v) is 2.61. The number of hydrogen-bond donors (Lipinski definition) is 0. The molecule has 0 amide bonds. The van der Waals surface area contributed by atoms with Gasteiger partial charge in [-0.3, -0.25) is 0 Å². The molecule has 2 rings (SSSR count). The first-order chi connectivity index (χ1) is 10.8. The van der Waals surface area contributed by atoms with Crippen LogP contribution in [0.3, 0.4) is 0 Å². The third-order valence-corrected chi connectivity index (χ3v) is 4.00. The molecule has 0 saturated heterocycles. The maximum Gasteiger partial charge on any atom is 0.138 e. The lowest BCUT2D eigenvalue weighted by molar-refractivity contribution is 0.576. The Morgan fingerprint density at radius 1 is 1.05 bits per heavy atom. The van der Waals surface area contributed by atoms with Crippen molar-refractivity contribution in [2.45, 2.75) is 58.4 Å². The van der Waals surface area contributed by atoms with Gasteiger partial charge in [-0.1, -0.05) is 75.9 Å². The summed E-state index contributed by atoms with van der Waals surface area (Å²) in [5.74, 6) is 1.10. The van der Waals surface area contributed by atoms with Gasteiger partial charge in [0.15, 0.2) is 0 Å². The zero-order chi connectivity index (χ0) is 15.6. The highest BCUT2D eigenvalue weighted by atomic mass is 15.3. The molecule has 118 valence electrons. The maximum absolute atomic E-state index is 4.42. The van der Waals surface area contributed by atoms with Gasteiger partial charge in [-0.2, -0.15) is 5.10 Å². The number of hydrogen-bond acceptors (Lipinski definition) is 2. The van der Waals surface area contributed by atoms with Gasteiger partial charge in [0.2, 0.25) is 0 Å². The molecule has 0 aliphatic carbocycles. The van der Waals surface area contributed by atoms with Crippen molar-refractivity contribution < 1.29 is 0 Å². The molecule has 0 aliphatic heterocycles. The normalized spacial score (nSPS) is 10.8. The lowest BCUT2D eigenvalue weighted by atomic mass is 10.1.